The van der Waals surface area contributed by atoms with Crippen molar-refractivity contribution < 1.29 is 0 Å². The van der Waals surface area contributed by atoms with E-state index in [1.165, 1.54) is 24.1 Å². The van der Waals surface area contributed by atoms with Crippen LogP contribution in [0.1, 0.15) is 38.5 Å². The first kappa shape index (κ1) is 12.7. The lowest BCUT2D eigenvalue weighted by Gasteiger charge is -2.19. The summed E-state index contributed by atoms with van der Waals surface area (Å²) in [5.41, 5.74) is 0. The maximum absolute atomic E-state index is 3.60. The number of thiophene rings is 1. The number of rotatable bonds is 7. The second kappa shape index (κ2) is 7.02. The van der Waals surface area contributed by atoms with Crippen molar-refractivity contribution >= 4 is 11.3 Å². The molecule has 1 aromatic rings. The molecular weight excluding hydrogens is 202 g/mol. The first-order valence-corrected chi connectivity index (χ1v) is 6.87. The van der Waals surface area contributed by atoms with E-state index in [1.54, 1.807) is 0 Å². The zero-order chi connectivity index (χ0) is 11.1. The molecule has 1 aromatic heterocycles. The molecule has 0 aliphatic carbocycles. The van der Waals surface area contributed by atoms with Crippen LogP contribution in [-0.4, -0.2) is 12.6 Å². The fourth-order valence-corrected chi connectivity index (χ4v) is 2.35. The highest BCUT2D eigenvalue weighted by Crippen LogP contribution is 2.11. The van der Waals surface area contributed by atoms with Crippen molar-refractivity contribution in [2.75, 3.05) is 6.54 Å². The van der Waals surface area contributed by atoms with E-state index in [4.69, 9.17) is 0 Å². The van der Waals surface area contributed by atoms with Crippen LogP contribution in [0.5, 0.6) is 0 Å². The Morgan fingerprint density at radius 3 is 2.80 bits per heavy atom. The molecule has 2 unspecified atom stereocenters. The average molecular weight is 225 g/mol. The molecule has 0 fully saturated rings. The Labute approximate surface area is 97.9 Å². The van der Waals surface area contributed by atoms with E-state index in [0.29, 0.717) is 6.04 Å². The maximum Gasteiger partial charge on any atom is 0.00642 e. The highest BCUT2D eigenvalue weighted by Gasteiger charge is 2.08. The molecule has 0 saturated heterocycles. The van der Waals surface area contributed by atoms with E-state index < -0.39 is 0 Å². The van der Waals surface area contributed by atoms with E-state index in [0.717, 1.165) is 12.5 Å². The molecule has 1 N–H and O–H groups in total. The van der Waals surface area contributed by atoms with Crippen LogP contribution in [0.25, 0.3) is 0 Å². The fraction of sp³-hybridized carbons (Fsp3) is 0.692. The van der Waals surface area contributed by atoms with Crippen molar-refractivity contribution in [3.8, 4) is 0 Å². The Kier molecular flexibility index (Phi) is 5.96. The quantitative estimate of drug-likeness (QED) is 0.698. The summed E-state index contributed by atoms with van der Waals surface area (Å²) in [6, 6.07) is 5.01. The lowest BCUT2D eigenvalue weighted by Crippen LogP contribution is -2.32. The van der Waals surface area contributed by atoms with Crippen molar-refractivity contribution in [3.05, 3.63) is 22.4 Å². The predicted octanol–water partition coefficient (Wildman–Crippen LogP) is 3.70. The average Bonchev–Trinajstić information content (AvgIpc) is 2.75. The first-order chi connectivity index (χ1) is 7.24. The highest BCUT2D eigenvalue weighted by atomic mass is 32.1. The van der Waals surface area contributed by atoms with Gasteiger partial charge in [-0.15, -0.1) is 11.3 Å². The molecule has 0 aliphatic heterocycles. The van der Waals surface area contributed by atoms with Crippen LogP contribution in [-0.2, 0) is 6.42 Å². The molecule has 2 atom stereocenters. The van der Waals surface area contributed by atoms with Gasteiger partial charge in [-0.2, -0.15) is 0 Å². The van der Waals surface area contributed by atoms with Crippen molar-refractivity contribution in [2.45, 2.75) is 46.1 Å². The third-order valence-corrected chi connectivity index (χ3v) is 4.08. The number of hydrogen-bond acceptors (Lipinski definition) is 2. The topological polar surface area (TPSA) is 12.0 Å². The molecule has 2 heteroatoms. The summed E-state index contributed by atoms with van der Waals surface area (Å²) >= 11 is 1.86. The Morgan fingerprint density at radius 1 is 1.40 bits per heavy atom. The molecule has 0 saturated carbocycles. The molecule has 0 bridgehead atoms. The zero-order valence-electron chi connectivity index (χ0n) is 10.1. The van der Waals surface area contributed by atoms with Crippen molar-refractivity contribution in [1.29, 1.82) is 0 Å². The third-order valence-electron chi connectivity index (χ3n) is 3.14. The summed E-state index contributed by atoms with van der Waals surface area (Å²) in [5, 5.41) is 5.76. The van der Waals surface area contributed by atoms with E-state index in [-0.39, 0.29) is 0 Å². The monoisotopic (exact) mass is 225 g/mol. The summed E-state index contributed by atoms with van der Waals surface area (Å²) in [7, 11) is 0. The molecule has 15 heavy (non-hydrogen) atoms. The van der Waals surface area contributed by atoms with Gasteiger partial charge in [0, 0.05) is 10.9 Å². The van der Waals surface area contributed by atoms with Crippen molar-refractivity contribution in [1.82, 2.24) is 5.32 Å². The molecular formula is C13H23NS. The van der Waals surface area contributed by atoms with Gasteiger partial charge in [0.15, 0.2) is 0 Å². The first-order valence-electron chi connectivity index (χ1n) is 5.99. The molecule has 0 radical (unpaired) electrons. The third kappa shape index (κ3) is 4.80. The Morgan fingerprint density at radius 2 is 2.20 bits per heavy atom. The number of hydrogen-bond donors (Lipinski definition) is 1. The molecule has 1 rings (SSSR count). The van der Waals surface area contributed by atoms with Crippen LogP contribution >= 0.6 is 11.3 Å². The normalized spacial score (nSPS) is 15.1. The Bertz CT molecular complexity index is 243. The van der Waals surface area contributed by atoms with Crippen LogP contribution < -0.4 is 5.32 Å². The molecule has 1 heterocycles. The van der Waals surface area contributed by atoms with Gasteiger partial charge in [-0.25, -0.2) is 0 Å². The fourth-order valence-electron chi connectivity index (χ4n) is 1.60. The van der Waals surface area contributed by atoms with Crippen molar-refractivity contribution in [2.24, 2.45) is 5.92 Å². The van der Waals surface area contributed by atoms with Gasteiger partial charge in [0.1, 0.15) is 0 Å². The van der Waals surface area contributed by atoms with Gasteiger partial charge in [0.25, 0.3) is 0 Å². The van der Waals surface area contributed by atoms with Gasteiger partial charge in [0.05, 0.1) is 0 Å². The second-order valence-corrected chi connectivity index (χ2v) is 5.34. The number of nitrogens with one attached hydrogen (secondary N) is 1. The van der Waals surface area contributed by atoms with E-state index in [1.807, 2.05) is 11.3 Å². The minimum atomic E-state index is 0.651. The molecule has 1 nitrogen and oxygen atoms in total. The van der Waals surface area contributed by atoms with Crippen LogP contribution in [0.15, 0.2) is 17.5 Å². The standard InChI is InChI=1S/C13H23NS/c1-4-11(2)12(3)14-9-5-7-13-8-6-10-15-13/h6,8,10-12,14H,4-5,7,9H2,1-3H3. The van der Waals surface area contributed by atoms with Gasteiger partial charge in [-0.1, -0.05) is 26.3 Å². The minimum absolute atomic E-state index is 0.651. The lowest BCUT2D eigenvalue weighted by atomic mass is 10.0. The zero-order valence-corrected chi connectivity index (χ0v) is 10.9. The van der Waals surface area contributed by atoms with Gasteiger partial charge in [-0.3, -0.25) is 0 Å². The summed E-state index contributed by atoms with van der Waals surface area (Å²) in [6.45, 7) is 8.01. The lowest BCUT2D eigenvalue weighted by molar-refractivity contribution is 0.389. The SMILES string of the molecule is CCC(C)C(C)NCCCc1cccs1. The molecule has 0 amide bonds. The number of aryl methyl sites for hydroxylation is 1. The van der Waals surface area contributed by atoms with E-state index in [9.17, 15) is 0 Å². The van der Waals surface area contributed by atoms with Gasteiger partial charge >= 0.3 is 0 Å². The van der Waals surface area contributed by atoms with E-state index >= 15 is 0 Å². The van der Waals surface area contributed by atoms with Gasteiger partial charge < -0.3 is 5.32 Å². The molecule has 0 aliphatic rings. The smallest absolute Gasteiger partial charge is 0.00642 e. The molecule has 0 spiro atoms. The van der Waals surface area contributed by atoms with Crippen molar-refractivity contribution in [3.63, 3.8) is 0 Å². The van der Waals surface area contributed by atoms with Crippen LogP contribution in [0.2, 0.25) is 0 Å². The summed E-state index contributed by atoms with van der Waals surface area (Å²) in [5.74, 6) is 0.784. The molecule has 0 aromatic carbocycles. The highest BCUT2D eigenvalue weighted by molar-refractivity contribution is 7.09. The predicted molar refractivity (Wildman–Crippen MR) is 69.6 cm³/mol. The van der Waals surface area contributed by atoms with Crippen LogP contribution in [0.4, 0.5) is 0 Å². The molecule has 86 valence electrons. The second-order valence-electron chi connectivity index (χ2n) is 4.31. The van der Waals surface area contributed by atoms with Crippen LogP contribution in [0, 0.1) is 5.92 Å². The summed E-state index contributed by atoms with van der Waals surface area (Å²) in [6.07, 6.45) is 3.73. The largest absolute Gasteiger partial charge is 0.314 e. The van der Waals surface area contributed by atoms with Gasteiger partial charge in [0.2, 0.25) is 0 Å². The Hall–Kier alpha value is -0.340. The minimum Gasteiger partial charge on any atom is -0.314 e. The van der Waals surface area contributed by atoms with Crippen LogP contribution in [0.3, 0.4) is 0 Å². The maximum atomic E-state index is 3.60. The van der Waals surface area contributed by atoms with Gasteiger partial charge in [-0.05, 0) is 43.7 Å². The summed E-state index contributed by atoms with van der Waals surface area (Å²) < 4.78 is 0. The summed E-state index contributed by atoms with van der Waals surface area (Å²) in [4.78, 5) is 1.51. The van der Waals surface area contributed by atoms with E-state index in [2.05, 4.69) is 43.6 Å². The Balaban J connectivity index is 2.06.